The summed E-state index contributed by atoms with van der Waals surface area (Å²) in [6, 6.07) is 7.78. The molecule has 3 nitrogen and oxygen atoms in total. The summed E-state index contributed by atoms with van der Waals surface area (Å²) in [7, 11) is 0. The minimum Gasteiger partial charge on any atom is -0.439 e. The number of halogens is 1. The molecule has 0 aliphatic rings. The van der Waals surface area contributed by atoms with Gasteiger partial charge in [0, 0.05) is 5.56 Å². The van der Waals surface area contributed by atoms with Gasteiger partial charge in [-0.1, -0.05) is 29.3 Å². The van der Waals surface area contributed by atoms with E-state index in [9.17, 15) is 0 Å². The van der Waals surface area contributed by atoms with Crippen LogP contribution >= 0.6 is 11.6 Å². The Kier molecular flexibility index (Phi) is 3.29. The molecule has 2 rings (SSSR count). The van der Waals surface area contributed by atoms with Gasteiger partial charge in [0.1, 0.15) is 16.7 Å². The number of aromatic nitrogens is 2. The largest absolute Gasteiger partial charge is 0.439 e. The fraction of sp³-hybridized carbons (Fsp3) is 0.231. The summed E-state index contributed by atoms with van der Waals surface area (Å²) in [6.45, 7) is 5.65. The van der Waals surface area contributed by atoms with Gasteiger partial charge in [0.15, 0.2) is 0 Å². The van der Waals surface area contributed by atoms with Crippen molar-refractivity contribution in [3.05, 3.63) is 46.4 Å². The van der Waals surface area contributed by atoms with E-state index < -0.39 is 0 Å². The molecule has 1 aromatic carbocycles. The highest BCUT2D eigenvalue weighted by Gasteiger charge is 2.09. The van der Waals surface area contributed by atoms with Crippen molar-refractivity contribution < 1.29 is 4.74 Å². The van der Waals surface area contributed by atoms with Crippen molar-refractivity contribution in [2.45, 2.75) is 20.8 Å². The highest BCUT2D eigenvalue weighted by atomic mass is 35.5. The summed E-state index contributed by atoms with van der Waals surface area (Å²) in [5, 5.41) is 0.430. The Labute approximate surface area is 105 Å². The standard InChI is InChI=1S/C13H13ClN2O/c1-8-4-6-11(7-5-8)17-13-9(2)12(14)15-10(3)16-13/h4-7H,1-3H3. The Balaban J connectivity index is 2.32. The topological polar surface area (TPSA) is 35.0 Å². The number of nitrogens with zero attached hydrogens (tertiary/aromatic N) is 2. The van der Waals surface area contributed by atoms with Crippen molar-refractivity contribution >= 4 is 11.6 Å². The smallest absolute Gasteiger partial charge is 0.226 e. The zero-order valence-corrected chi connectivity index (χ0v) is 10.7. The van der Waals surface area contributed by atoms with Crippen LogP contribution in [-0.2, 0) is 0 Å². The molecule has 0 spiro atoms. The maximum Gasteiger partial charge on any atom is 0.226 e. The first-order valence-electron chi connectivity index (χ1n) is 5.31. The Bertz CT molecular complexity index is 538. The van der Waals surface area contributed by atoms with Crippen LogP contribution in [-0.4, -0.2) is 9.97 Å². The molecule has 0 saturated carbocycles. The first-order valence-corrected chi connectivity index (χ1v) is 5.69. The van der Waals surface area contributed by atoms with E-state index in [1.165, 1.54) is 5.56 Å². The van der Waals surface area contributed by atoms with Gasteiger partial charge in [0.2, 0.25) is 5.88 Å². The Morgan fingerprint density at radius 3 is 2.29 bits per heavy atom. The lowest BCUT2D eigenvalue weighted by Crippen LogP contribution is -1.97. The van der Waals surface area contributed by atoms with Crippen LogP contribution in [0.3, 0.4) is 0 Å². The second kappa shape index (κ2) is 4.72. The molecule has 2 aromatic rings. The number of hydrogen-bond donors (Lipinski definition) is 0. The number of hydrogen-bond acceptors (Lipinski definition) is 3. The van der Waals surface area contributed by atoms with Gasteiger partial charge in [0.05, 0.1) is 0 Å². The summed E-state index contributed by atoms with van der Waals surface area (Å²) >= 11 is 5.98. The molecule has 0 N–H and O–H groups in total. The van der Waals surface area contributed by atoms with Crippen LogP contribution in [0, 0.1) is 20.8 Å². The third kappa shape index (κ3) is 2.74. The molecule has 0 fully saturated rings. The normalized spacial score (nSPS) is 10.4. The van der Waals surface area contributed by atoms with Crippen molar-refractivity contribution in [3.63, 3.8) is 0 Å². The Morgan fingerprint density at radius 1 is 1.00 bits per heavy atom. The highest BCUT2D eigenvalue weighted by Crippen LogP contribution is 2.26. The Morgan fingerprint density at radius 2 is 1.65 bits per heavy atom. The molecule has 0 radical (unpaired) electrons. The van der Waals surface area contributed by atoms with Crippen LogP contribution in [0.2, 0.25) is 5.15 Å². The van der Waals surface area contributed by atoms with Gasteiger partial charge < -0.3 is 4.74 Å². The SMILES string of the molecule is Cc1ccc(Oc2nc(C)nc(Cl)c2C)cc1. The minimum atomic E-state index is 0.430. The molecule has 0 aliphatic carbocycles. The maximum absolute atomic E-state index is 5.98. The van der Waals surface area contributed by atoms with Gasteiger partial charge in [-0.05, 0) is 32.9 Å². The van der Waals surface area contributed by atoms with Gasteiger partial charge in [0.25, 0.3) is 0 Å². The first kappa shape index (κ1) is 11.9. The quantitative estimate of drug-likeness (QED) is 0.758. The molecule has 88 valence electrons. The van der Waals surface area contributed by atoms with Crippen LogP contribution in [0.15, 0.2) is 24.3 Å². The molecule has 0 unspecified atom stereocenters. The second-order valence-corrected chi connectivity index (χ2v) is 4.26. The number of ether oxygens (including phenoxy) is 1. The zero-order valence-electron chi connectivity index (χ0n) is 9.99. The van der Waals surface area contributed by atoms with E-state index in [4.69, 9.17) is 16.3 Å². The molecule has 4 heteroatoms. The lowest BCUT2D eigenvalue weighted by Gasteiger charge is -2.09. The van der Waals surface area contributed by atoms with Crippen molar-refractivity contribution in [2.75, 3.05) is 0 Å². The van der Waals surface area contributed by atoms with E-state index in [1.54, 1.807) is 6.92 Å². The fourth-order valence-corrected chi connectivity index (χ4v) is 1.59. The molecule has 0 aliphatic heterocycles. The van der Waals surface area contributed by atoms with Gasteiger partial charge in [-0.25, -0.2) is 4.98 Å². The molecule has 0 saturated heterocycles. The van der Waals surface area contributed by atoms with Gasteiger partial charge in [-0.3, -0.25) is 0 Å². The van der Waals surface area contributed by atoms with Gasteiger partial charge in [-0.15, -0.1) is 0 Å². The Hall–Kier alpha value is -1.61. The molecule has 1 heterocycles. The van der Waals surface area contributed by atoms with Crippen LogP contribution in [0.25, 0.3) is 0 Å². The summed E-state index contributed by atoms with van der Waals surface area (Å²) in [6.07, 6.45) is 0. The van der Waals surface area contributed by atoms with E-state index in [-0.39, 0.29) is 0 Å². The summed E-state index contributed by atoms with van der Waals surface area (Å²) in [5.41, 5.74) is 1.93. The lowest BCUT2D eigenvalue weighted by molar-refractivity contribution is 0.455. The molecular formula is C13H13ClN2O. The van der Waals surface area contributed by atoms with Crippen molar-refractivity contribution in [3.8, 4) is 11.6 Å². The molecule has 1 aromatic heterocycles. The third-order valence-corrected chi connectivity index (χ3v) is 2.76. The molecule has 17 heavy (non-hydrogen) atoms. The van der Waals surface area contributed by atoms with Crippen molar-refractivity contribution in [1.82, 2.24) is 9.97 Å². The molecule has 0 bridgehead atoms. The van der Waals surface area contributed by atoms with Gasteiger partial charge >= 0.3 is 0 Å². The summed E-state index contributed by atoms with van der Waals surface area (Å²) in [4.78, 5) is 8.30. The predicted molar refractivity (Wildman–Crippen MR) is 67.8 cm³/mol. The monoisotopic (exact) mass is 248 g/mol. The average Bonchev–Trinajstić information content (AvgIpc) is 2.28. The van der Waals surface area contributed by atoms with Crippen molar-refractivity contribution in [1.29, 1.82) is 0 Å². The summed E-state index contributed by atoms with van der Waals surface area (Å²) < 4.78 is 5.69. The molecule has 0 atom stereocenters. The summed E-state index contributed by atoms with van der Waals surface area (Å²) in [5.74, 6) is 1.85. The highest BCUT2D eigenvalue weighted by molar-refractivity contribution is 6.30. The van der Waals surface area contributed by atoms with Crippen LogP contribution in [0.5, 0.6) is 11.6 Å². The lowest BCUT2D eigenvalue weighted by atomic mass is 10.2. The van der Waals surface area contributed by atoms with Crippen LogP contribution in [0.4, 0.5) is 0 Å². The second-order valence-electron chi connectivity index (χ2n) is 3.91. The van der Waals surface area contributed by atoms with Crippen molar-refractivity contribution in [2.24, 2.45) is 0 Å². The van der Waals surface area contributed by atoms with Crippen LogP contribution < -0.4 is 4.74 Å². The van der Waals surface area contributed by atoms with E-state index >= 15 is 0 Å². The van der Waals surface area contributed by atoms with Gasteiger partial charge in [-0.2, -0.15) is 4.98 Å². The minimum absolute atomic E-state index is 0.430. The fourth-order valence-electron chi connectivity index (χ4n) is 1.39. The van der Waals surface area contributed by atoms with E-state index in [0.29, 0.717) is 16.9 Å². The predicted octanol–water partition coefficient (Wildman–Crippen LogP) is 3.85. The average molecular weight is 249 g/mol. The third-order valence-electron chi connectivity index (χ3n) is 2.39. The molecule has 0 amide bonds. The number of rotatable bonds is 2. The zero-order chi connectivity index (χ0) is 12.4. The van der Waals surface area contributed by atoms with E-state index in [0.717, 1.165) is 11.3 Å². The maximum atomic E-state index is 5.98. The van der Waals surface area contributed by atoms with Crippen LogP contribution in [0.1, 0.15) is 17.0 Å². The molecular weight excluding hydrogens is 236 g/mol. The number of benzene rings is 1. The first-order chi connectivity index (χ1) is 8.06. The van der Waals surface area contributed by atoms with E-state index in [2.05, 4.69) is 9.97 Å². The number of aryl methyl sites for hydroxylation is 2. The van der Waals surface area contributed by atoms with E-state index in [1.807, 2.05) is 38.1 Å².